The number of methoxy groups -OCH3 is 1. The zero-order valence-corrected chi connectivity index (χ0v) is 18.5. The van der Waals surface area contributed by atoms with E-state index in [0.717, 1.165) is 16.9 Å². The van der Waals surface area contributed by atoms with Gasteiger partial charge in [-0.3, -0.25) is 9.48 Å². The molecule has 4 rings (SSSR count). The standard InChI is InChI=1S/C23H22ClN5O3/c1-4-9-32-20-8-6-5-7-16(20)13-28-14-17(12-25-28)19-11-21-26-15(2)18(10-22(30)31-3)23(24)29(21)27-19/h4-8,11-12,14H,1,9-10,13H2,2-3H3. The molecule has 1 aromatic carbocycles. The molecule has 0 saturated carbocycles. The predicted octanol–water partition coefficient (Wildman–Crippen LogP) is 3.88. The first-order valence-corrected chi connectivity index (χ1v) is 10.3. The summed E-state index contributed by atoms with van der Waals surface area (Å²) in [4.78, 5) is 16.3. The van der Waals surface area contributed by atoms with Crippen LogP contribution in [0.5, 0.6) is 5.75 Å². The molecule has 3 heterocycles. The molecule has 0 aliphatic heterocycles. The molecule has 3 aromatic heterocycles. The minimum atomic E-state index is -0.387. The number of fused-ring (bicyclic) bond motifs is 1. The second-order valence-corrected chi connectivity index (χ2v) is 7.51. The van der Waals surface area contributed by atoms with Gasteiger partial charge in [-0.05, 0) is 13.0 Å². The van der Waals surface area contributed by atoms with Gasteiger partial charge < -0.3 is 9.47 Å². The maximum atomic E-state index is 11.7. The third-order valence-electron chi connectivity index (χ3n) is 4.98. The van der Waals surface area contributed by atoms with Crippen LogP contribution in [0.2, 0.25) is 5.15 Å². The lowest BCUT2D eigenvalue weighted by atomic mass is 10.2. The second-order valence-electron chi connectivity index (χ2n) is 7.15. The normalized spacial score (nSPS) is 11.0. The molecule has 0 bridgehead atoms. The number of nitrogens with zero attached hydrogens (tertiary/aromatic N) is 5. The van der Waals surface area contributed by atoms with Crippen molar-refractivity contribution in [1.82, 2.24) is 24.4 Å². The van der Waals surface area contributed by atoms with Crippen molar-refractivity contribution in [1.29, 1.82) is 0 Å². The van der Waals surface area contributed by atoms with Gasteiger partial charge in [-0.2, -0.15) is 10.2 Å². The van der Waals surface area contributed by atoms with Crippen LogP contribution in [-0.2, 0) is 22.5 Å². The molecule has 0 aliphatic carbocycles. The Bertz CT molecular complexity index is 1290. The molecule has 0 spiro atoms. The van der Waals surface area contributed by atoms with E-state index in [1.165, 1.54) is 11.6 Å². The smallest absolute Gasteiger partial charge is 0.310 e. The molecule has 164 valence electrons. The van der Waals surface area contributed by atoms with Crippen LogP contribution in [0.15, 0.2) is 55.4 Å². The Morgan fingerprint density at radius 2 is 2.12 bits per heavy atom. The molecule has 32 heavy (non-hydrogen) atoms. The second kappa shape index (κ2) is 9.23. The number of aromatic nitrogens is 5. The van der Waals surface area contributed by atoms with E-state index >= 15 is 0 Å². The van der Waals surface area contributed by atoms with E-state index in [9.17, 15) is 4.79 Å². The first-order valence-electron chi connectivity index (χ1n) is 9.96. The summed E-state index contributed by atoms with van der Waals surface area (Å²) in [6.45, 7) is 6.48. The van der Waals surface area contributed by atoms with Crippen LogP contribution >= 0.6 is 11.6 Å². The fourth-order valence-electron chi connectivity index (χ4n) is 3.35. The number of ether oxygens (including phenoxy) is 2. The highest BCUT2D eigenvalue weighted by molar-refractivity contribution is 6.30. The first kappa shape index (κ1) is 21.6. The average molecular weight is 452 g/mol. The van der Waals surface area contributed by atoms with Gasteiger partial charge in [0.1, 0.15) is 17.5 Å². The number of para-hydroxylation sites is 1. The number of aryl methyl sites for hydroxylation is 1. The Hall–Kier alpha value is -3.65. The number of carbonyl (C=O) groups excluding carboxylic acids is 1. The summed E-state index contributed by atoms with van der Waals surface area (Å²) in [5, 5.41) is 9.38. The highest BCUT2D eigenvalue weighted by atomic mass is 35.5. The van der Waals surface area contributed by atoms with Crippen molar-refractivity contribution in [3.8, 4) is 17.0 Å². The Morgan fingerprint density at radius 1 is 1.31 bits per heavy atom. The number of hydrogen-bond donors (Lipinski definition) is 0. The zero-order valence-electron chi connectivity index (χ0n) is 17.8. The summed E-state index contributed by atoms with van der Waals surface area (Å²) >= 11 is 6.53. The van der Waals surface area contributed by atoms with Crippen molar-refractivity contribution in [2.24, 2.45) is 0 Å². The fraction of sp³-hybridized carbons (Fsp3) is 0.217. The molecule has 0 aliphatic rings. The Kier molecular flexibility index (Phi) is 6.23. The van der Waals surface area contributed by atoms with E-state index in [2.05, 4.69) is 21.8 Å². The molecule has 0 saturated heterocycles. The number of benzene rings is 1. The summed E-state index contributed by atoms with van der Waals surface area (Å²) in [6.07, 6.45) is 5.39. The molecule has 0 radical (unpaired) electrons. The summed E-state index contributed by atoms with van der Waals surface area (Å²) < 4.78 is 13.8. The quantitative estimate of drug-likeness (QED) is 0.229. The lowest BCUT2D eigenvalue weighted by Crippen LogP contribution is -2.10. The number of esters is 1. The minimum Gasteiger partial charge on any atom is -0.489 e. The largest absolute Gasteiger partial charge is 0.489 e. The molecular formula is C23H22ClN5O3. The number of carbonyl (C=O) groups is 1. The summed E-state index contributed by atoms with van der Waals surface area (Å²) in [7, 11) is 1.34. The summed E-state index contributed by atoms with van der Waals surface area (Å²) in [6, 6.07) is 9.65. The van der Waals surface area contributed by atoms with E-state index in [4.69, 9.17) is 21.1 Å². The van der Waals surface area contributed by atoms with Crippen molar-refractivity contribution >= 4 is 23.2 Å². The van der Waals surface area contributed by atoms with Gasteiger partial charge in [-0.25, -0.2) is 9.50 Å². The number of rotatable bonds is 8. The van der Waals surface area contributed by atoms with Gasteiger partial charge in [0.15, 0.2) is 5.65 Å². The van der Waals surface area contributed by atoms with Crippen LogP contribution in [0.1, 0.15) is 16.8 Å². The van der Waals surface area contributed by atoms with Gasteiger partial charge in [0.2, 0.25) is 0 Å². The highest BCUT2D eigenvalue weighted by Crippen LogP contribution is 2.26. The molecular weight excluding hydrogens is 430 g/mol. The lowest BCUT2D eigenvalue weighted by molar-refractivity contribution is -0.139. The Morgan fingerprint density at radius 3 is 2.91 bits per heavy atom. The molecule has 0 amide bonds. The Balaban J connectivity index is 1.62. The van der Waals surface area contributed by atoms with Crippen LogP contribution in [0.25, 0.3) is 16.9 Å². The van der Waals surface area contributed by atoms with Crippen molar-refractivity contribution in [2.75, 3.05) is 13.7 Å². The van der Waals surface area contributed by atoms with Gasteiger partial charge >= 0.3 is 5.97 Å². The topological polar surface area (TPSA) is 83.5 Å². The van der Waals surface area contributed by atoms with E-state index < -0.39 is 0 Å². The molecule has 0 unspecified atom stereocenters. The van der Waals surface area contributed by atoms with E-state index in [1.807, 2.05) is 41.2 Å². The molecule has 0 fully saturated rings. The monoisotopic (exact) mass is 451 g/mol. The molecule has 4 aromatic rings. The molecule has 0 atom stereocenters. The summed E-state index contributed by atoms with van der Waals surface area (Å²) in [5.74, 6) is 0.406. The highest BCUT2D eigenvalue weighted by Gasteiger charge is 2.18. The number of hydrogen-bond acceptors (Lipinski definition) is 6. The molecule has 8 nitrogen and oxygen atoms in total. The van der Waals surface area contributed by atoms with Crippen LogP contribution in [-0.4, -0.2) is 44.1 Å². The van der Waals surface area contributed by atoms with Crippen LogP contribution < -0.4 is 4.74 Å². The molecule has 9 heteroatoms. The minimum absolute atomic E-state index is 0.0323. The van der Waals surface area contributed by atoms with Gasteiger partial charge in [-0.15, -0.1) is 0 Å². The van der Waals surface area contributed by atoms with Crippen molar-refractivity contribution in [2.45, 2.75) is 19.9 Å². The van der Waals surface area contributed by atoms with Crippen molar-refractivity contribution < 1.29 is 14.3 Å². The fourth-order valence-corrected chi connectivity index (χ4v) is 3.68. The SMILES string of the molecule is C=CCOc1ccccc1Cn1cc(-c2cc3nc(C)c(CC(=O)OC)c(Cl)n3n2)cn1. The van der Waals surface area contributed by atoms with Crippen LogP contribution in [0, 0.1) is 6.92 Å². The summed E-state index contributed by atoms with van der Waals surface area (Å²) in [5.41, 5.74) is 4.34. The van der Waals surface area contributed by atoms with Crippen LogP contribution in [0.3, 0.4) is 0 Å². The van der Waals surface area contributed by atoms with Crippen LogP contribution in [0.4, 0.5) is 0 Å². The van der Waals surface area contributed by atoms with Gasteiger partial charge in [-0.1, -0.05) is 42.5 Å². The number of halogens is 1. The lowest BCUT2D eigenvalue weighted by Gasteiger charge is -2.09. The van der Waals surface area contributed by atoms with E-state index in [-0.39, 0.29) is 12.4 Å². The van der Waals surface area contributed by atoms with E-state index in [0.29, 0.717) is 40.9 Å². The van der Waals surface area contributed by atoms with Crippen molar-refractivity contribution in [3.63, 3.8) is 0 Å². The zero-order chi connectivity index (χ0) is 22.7. The maximum absolute atomic E-state index is 11.7. The van der Waals surface area contributed by atoms with Gasteiger partial charge in [0.05, 0.1) is 32.0 Å². The molecule has 0 N–H and O–H groups in total. The Labute approximate surface area is 190 Å². The average Bonchev–Trinajstić information content (AvgIpc) is 3.43. The van der Waals surface area contributed by atoms with E-state index in [1.54, 1.807) is 19.2 Å². The van der Waals surface area contributed by atoms with Gasteiger partial charge in [0.25, 0.3) is 0 Å². The third kappa shape index (κ3) is 4.36. The van der Waals surface area contributed by atoms with Crippen molar-refractivity contribution in [3.05, 3.63) is 77.4 Å². The first-order chi connectivity index (χ1) is 15.5. The third-order valence-corrected chi connectivity index (χ3v) is 5.37. The predicted molar refractivity (Wildman–Crippen MR) is 121 cm³/mol. The maximum Gasteiger partial charge on any atom is 0.310 e. The van der Waals surface area contributed by atoms with Gasteiger partial charge in [0, 0.05) is 34.6 Å².